The number of hydrogen-bond donors (Lipinski definition) is 2. The van der Waals surface area contributed by atoms with Crippen LogP contribution >= 0.6 is 0 Å². The highest BCUT2D eigenvalue weighted by atomic mass is 16.6. The molecule has 126 valence electrons. The van der Waals surface area contributed by atoms with Crippen LogP contribution in [0.4, 0.5) is 0 Å². The van der Waals surface area contributed by atoms with E-state index >= 15 is 0 Å². The maximum Gasteiger partial charge on any atom is 0.219 e. The van der Waals surface area contributed by atoms with Crippen LogP contribution in [0, 0.1) is 0 Å². The summed E-state index contributed by atoms with van der Waals surface area (Å²) < 4.78 is 10.7. The van der Waals surface area contributed by atoms with Crippen molar-refractivity contribution in [1.82, 2.24) is 0 Å². The molecule has 0 heterocycles. The third-order valence-electron chi connectivity index (χ3n) is 3.38. The number of aliphatic hydroxyl groups excluding tert-OH is 2. The van der Waals surface area contributed by atoms with E-state index in [1.54, 1.807) is 38.1 Å². The molecule has 2 rings (SSSR count). The van der Waals surface area contributed by atoms with Crippen molar-refractivity contribution in [3.8, 4) is 22.6 Å². The third-order valence-corrected chi connectivity index (χ3v) is 3.38. The Morgan fingerprint density at radius 2 is 1.00 bits per heavy atom. The number of aliphatic hydroxyl groups is 2. The van der Waals surface area contributed by atoms with Gasteiger partial charge in [0.2, 0.25) is 12.6 Å². The van der Waals surface area contributed by atoms with Gasteiger partial charge < -0.3 is 19.7 Å². The van der Waals surface area contributed by atoms with Crippen molar-refractivity contribution in [3.05, 3.63) is 72.8 Å². The minimum atomic E-state index is -1.01. The second-order valence-electron chi connectivity index (χ2n) is 5.68. The molecule has 4 heteroatoms. The summed E-state index contributed by atoms with van der Waals surface area (Å²) in [5.74, 6) is 1.14. The molecule has 2 N–H and O–H groups in total. The van der Waals surface area contributed by atoms with E-state index in [-0.39, 0.29) is 0 Å². The van der Waals surface area contributed by atoms with Gasteiger partial charge in [-0.2, -0.15) is 0 Å². The van der Waals surface area contributed by atoms with Crippen LogP contribution in [-0.4, -0.2) is 22.8 Å². The molecule has 0 aliphatic rings. The molecule has 0 radical (unpaired) electrons. The molecule has 4 nitrogen and oxygen atoms in total. The van der Waals surface area contributed by atoms with Crippen LogP contribution in [-0.2, 0) is 0 Å². The molecule has 2 aromatic carbocycles. The van der Waals surface area contributed by atoms with Crippen LogP contribution in [0.5, 0.6) is 11.5 Å². The van der Waals surface area contributed by atoms with Gasteiger partial charge in [-0.1, -0.05) is 37.4 Å². The maximum atomic E-state index is 9.65. The fraction of sp³-hybridized carbons (Fsp3) is 0.200. The summed E-state index contributed by atoms with van der Waals surface area (Å²) in [7, 11) is 0. The molecule has 24 heavy (non-hydrogen) atoms. The molecule has 0 aliphatic heterocycles. The maximum absolute atomic E-state index is 9.65. The minimum Gasteiger partial charge on any atom is -0.461 e. The fourth-order valence-electron chi connectivity index (χ4n) is 1.91. The first-order chi connectivity index (χ1) is 11.4. The molecule has 2 aromatic rings. The van der Waals surface area contributed by atoms with Gasteiger partial charge in [0.1, 0.15) is 11.5 Å². The molecular weight excluding hydrogens is 304 g/mol. The van der Waals surface area contributed by atoms with E-state index < -0.39 is 12.6 Å². The Morgan fingerprint density at radius 1 is 0.708 bits per heavy atom. The summed E-state index contributed by atoms with van der Waals surface area (Å²) in [6.45, 7) is 10.7. The zero-order valence-corrected chi connectivity index (χ0v) is 13.9. The predicted octanol–water partition coefficient (Wildman–Crippen LogP) is 3.90. The Labute approximate surface area is 142 Å². The van der Waals surface area contributed by atoms with Gasteiger partial charge >= 0.3 is 0 Å². The van der Waals surface area contributed by atoms with Gasteiger partial charge in [0.25, 0.3) is 0 Å². The lowest BCUT2D eigenvalue weighted by Crippen LogP contribution is -2.16. The molecule has 0 saturated heterocycles. The molecule has 0 amide bonds. The largest absolute Gasteiger partial charge is 0.461 e. The second kappa shape index (κ2) is 7.81. The molecular formula is C20H22O4. The Hall–Kier alpha value is -2.56. The van der Waals surface area contributed by atoms with Gasteiger partial charge in [-0.15, -0.1) is 0 Å². The zero-order chi connectivity index (χ0) is 17.7. The van der Waals surface area contributed by atoms with Crippen LogP contribution in [0.15, 0.2) is 72.8 Å². The first-order valence-electron chi connectivity index (χ1n) is 7.57. The quantitative estimate of drug-likeness (QED) is 0.598. The average Bonchev–Trinajstić information content (AvgIpc) is 2.56. The van der Waals surface area contributed by atoms with Gasteiger partial charge in [0, 0.05) is 0 Å². The van der Waals surface area contributed by atoms with Crippen LogP contribution < -0.4 is 9.47 Å². The van der Waals surface area contributed by atoms with Crippen molar-refractivity contribution < 1.29 is 19.7 Å². The lowest BCUT2D eigenvalue weighted by molar-refractivity contribution is 0.0147. The van der Waals surface area contributed by atoms with Crippen molar-refractivity contribution >= 4 is 0 Å². The normalized spacial score (nSPS) is 13.0. The molecule has 0 fully saturated rings. The molecule has 0 bridgehead atoms. The summed E-state index contributed by atoms with van der Waals surface area (Å²) in [4.78, 5) is 0. The Balaban J connectivity index is 2.06. The zero-order valence-electron chi connectivity index (χ0n) is 13.9. The smallest absolute Gasteiger partial charge is 0.219 e. The molecule has 0 aromatic heterocycles. The van der Waals surface area contributed by atoms with Crippen LogP contribution in [0.2, 0.25) is 0 Å². The third kappa shape index (κ3) is 4.72. The van der Waals surface area contributed by atoms with E-state index in [4.69, 9.17) is 9.47 Å². The van der Waals surface area contributed by atoms with Gasteiger partial charge in [0.05, 0.1) is 0 Å². The molecule has 0 saturated carbocycles. The summed E-state index contributed by atoms with van der Waals surface area (Å²) in [5, 5.41) is 19.3. The van der Waals surface area contributed by atoms with E-state index in [9.17, 15) is 10.2 Å². The highest BCUT2D eigenvalue weighted by Gasteiger charge is 2.08. The average molecular weight is 326 g/mol. The Kier molecular flexibility index (Phi) is 5.79. The molecule has 2 atom stereocenters. The molecule has 2 unspecified atom stereocenters. The number of rotatable bonds is 7. The number of hydrogen-bond acceptors (Lipinski definition) is 4. The molecule has 0 aliphatic carbocycles. The lowest BCUT2D eigenvalue weighted by Gasteiger charge is -2.14. The first-order valence-corrected chi connectivity index (χ1v) is 7.57. The van der Waals surface area contributed by atoms with Crippen LogP contribution in [0.1, 0.15) is 13.8 Å². The topological polar surface area (TPSA) is 58.9 Å². The van der Waals surface area contributed by atoms with Crippen molar-refractivity contribution in [2.45, 2.75) is 26.4 Å². The van der Waals surface area contributed by atoms with E-state index in [1.165, 1.54) is 0 Å². The van der Waals surface area contributed by atoms with Crippen LogP contribution in [0.25, 0.3) is 11.1 Å². The van der Waals surface area contributed by atoms with Crippen molar-refractivity contribution in [2.75, 3.05) is 0 Å². The first kappa shape index (κ1) is 17.8. The summed E-state index contributed by atoms with van der Waals surface area (Å²) in [5.41, 5.74) is 3.09. The van der Waals surface area contributed by atoms with E-state index in [0.717, 1.165) is 11.1 Å². The lowest BCUT2D eigenvalue weighted by atomic mass is 10.1. The SMILES string of the molecule is C=C(C)C(O)Oc1ccc(-c2ccc(OC(O)C(=C)C)cc2)cc1. The van der Waals surface area contributed by atoms with E-state index in [2.05, 4.69) is 13.2 Å². The second-order valence-corrected chi connectivity index (χ2v) is 5.68. The molecule has 0 spiro atoms. The highest BCUT2D eigenvalue weighted by molar-refractivity contribution is 5.64. The van der Waals surface area contributed by atoms with Gasteiger partial charge in [-0.25, -0.2) is 0 Å². The van der Waals surface area contributed by atoms with Gasteiger partial charge in [-0.05, 0) is 60.4 Å². The highest BCUT2D eigenvalue weighted by Crippen LogP contribution is 2.25. The van der Waals surface area contributed by atoms with Crippen molar-refractivity contribution in [2.24, 2.45) is 0 Å². The summed E-state index contributed by atoms with van der Waals surface area (Å²) >= 11 is 0. The number of benzene rings is 2. The van der Waals surface area contributed by atoms with Crippen molar-refractivity contribution in [3.63, 3.8) is 0 Å². The summed E-state index contributed by atoms with van der Waals surface area (Å²) in [6, 6.07) is 14.8. The summed E-state index contributed by atoms with van der Waals surface area (Å²) in [6.07, 6.45) is -2.01. The monoisotopic (exact) mass is 326 g/mol. The minimum absolute atomic E-state index is 0.548. The van der Waals surface area contributed by atoms with E-state index in [0.29, 0.717) is 22.6 Å². The fourth-order valence-corrected chi connectivity index (χ4v) is 1.91. The van der Waals surface area contributed by atoms with E-state index in [1.807, 2.05) is 24.3 Å². The standard InChI is InChI=1S/C20H22O4/c1-13(2)19(21)23-17-9-5-15(6-10-17)16-7-11-18(12-8-16)24-20(22)14(3)4/h5-12,19-22H,1,3H2,2,4H3. The van der Waals surface area contributed by atoms with Gasteiger partial charge in [-0.3, -0.25) is 0 Å². The number of ether oxygens (including phenoxy) is 2. The predicted molar refractivity (Wildman–Crippen MR) is 94.8 cm³/mol. The van der Waals surface area contributed by atoms with Gasteiger partial charge in [0.15, 0.2) is 0 Å². The Morgan fingerprint density at radius 3 is 1.25 bits per heavy atom. The van der Waals surface area contributed by atoms with Crippen molar-refractivity contribution in [1.29, 1.82) is 0 Å². The Bertz CT molecular complexity index is 638. The van der Waals surface area contributed by atoms with Crippen LogP contribution in [0.3, 0.4) is 0 Å².